The van der Waals surface area contributed by atoms with Gasteiger partial charge >= 0.3 is 5.97 Å². The molecular weight excluding hydrogens is 208 g/mol. The minimum absolute atomic E-state index is 0.622. The lowest BCUT2D eigenvalue weighted by Gasteiger charge is -2.02. The van der Waals surface area contributed by atoms with E-state index in [0.717, 1.165) is 11.5 Å². The Morgan fingerprint density at radius 3 is 2.94 bits per heavy atom. The van der Waals surface area contributed by atoms with E-state index in [1.54, 1.807) is 31.6 Å². The summed E-state index contributed by atoms with van der Waals surface area (Å²) in [5.74, 6) is -0.285. The molecule has 0 amide bonds. The zero-order valence-electron chi connectivity index (χ0n) is 8.64. The quantitative estimate of drug-likeness (QED) is 0.804. The molecule has 0 saturated carbocycles. The van der Waals surface area contributed by atoms with Gasteiger partial charge in [0.25, 0.3) is 0 Å². The predicted molar refractivity (Wildman–Crippen MR) is 59.4 cm³/mol. The number of benzene rings is 1. The van der Waals surface area contributed by atoms with Crippen LogP contribution in [0.25, 0.3) is 17.0 Å². The molecule has 1 heterocycles. The SMILES string of the molecule is COc1ccc(C=CC(=O)O)c2occc12. The van der Waals surface area contributed by atoms with Crippen LogP contribution in [0.3, 0.4) is 0 Å². The van der Waals surface area contributed by atoms with Gasteiger partial charge in [-0.3, -0.25) is 0 Å². The summed E-state index contributed by atoms with van der Waals surface area (Å²) in [4.78, 5) is 10.4. The van der Waals surface area contributed by atoms with Gasteiger partial charge in [-0.1, -0.05) is 0 Å². The highest BCUT2D eigenvalue weighted by molar-refractivity contribution is 5.94. The number of ether oxygens (including phenoxy) is 1. The van der Waals surface area contributed by atoms with Gasteiger partial charge < -0.3 is 14.3 Å². The van der Waals surface area contributed by atoms with Crippen LogP contribution in [0.1, 0.15) is 5.56 Å². The molecule has 0 aliphatic rings. The van der Waals surface area contributed by atoms with Crippen LogP contribution in [-0.2, 0) is 4.79 Å². The summed E-state index contributed by atoms with van der Waals surface area (Å²) in [7, 11) is 1.58. The van der Waals surface area contributed by atoms with Gasteiger partial charge in [0.05, 0.1) is 18.8 Å². The molecule has 0 radical (unpaired) electrons. The van der Waals surface area contributed by atoms with Crippen LogP contribution in [0.15, 0.2) is 35.0 Å². The van der Waals surface area contributed by atoms with Crippen LogP contribution in [0, 0.1) is 0 Å². The van der Waals surface area contributed by atoms with Crippen molar-refractivity contribution >= 4 is 23.0 Å². The van der Waals surface area contributed by atoms with Crippen molar-refractivity contribution in [2.75, 3.05) is 7.11 Å². The summed E-state index contributed by atoms with van der Waals surface area (Å²) in [5, 5.41) is 9.38. The van der Waals surface area contributed by atoms with Crippen LogP contribution >= 0.6 is 0 Å². The lowest BCUT2D eigenvalue weighted by molar-refractivity contribution is -0.131. The average Bonchev–Trinajstić information content (AvgIpc) is 2.74. The smallest absolute Gasteiger partial charge is 0.328 e. The molecule has 0 fully saturated rings. The minimum Gasteiger partial charge on any atom is -0.496 e. The Hall–Kier alpha value is -2.23. The van der Waals surface area contributed by atoms with E-state index in [1.165, 1.54) is 6.08 Å². The molecule has 2 aromatic rings. The highest BCUT2D eigenvalue weighted by atomic mass is 16.5. The molecule has 0 spiro atoms. The topological polar surface area (TPSA) is 59.7 Å². The van der Waals surface area contributed by atoms with Crippen LogP contribution in [0.4, 0.5) is 0 Å². The molecule has 0 atom stereocenters. The third-order valence-corrected chi connectivity index (χ3v) is 2.23. The Bertz CT molecular complexity index is 551. The number of hydrogen-bond donors (Lipinski definition) is 1. The largest absolute Gasteiger partial charge is 0.496 e. The predicted octanol–water partition coefficient (Wildman–Crippen LogP) is 2.54. The van der Waals surface area contributed by atoms with Gasteiger partial charge in [0, 0.05) is 11.6 Å². The van der Waals surface area contributed by atoms with Crippen molar-refractivity contribution in [3.05, 3.63) is 36.1 Å². The number of hydrogen-bond acceptors (Lipinski definition) is 3. The third-order valence-electron chi connectivity index (χ3n) is 2.23. The molecule has 16 heavy (non-hydrogen) atoms. The summed E-state index contributed by atoms with van der Waals surface area (Å²) >= 11 is 0. The van der Waals surface area contributed by atoms with Crippen LogP contribution in [0.2, 0.25) is 0 Å². The average molecular weight is 218 g/mol. The van der Waals surface area contributed by atoms with E-state index in [2.05, 4.69) is 0 Å². The molecule has 4 nitrogen and oxygen atoms in total. The first-order valence-electron chi connectivity index (χ1n) is 4.67. The van der Waals surface area contributed by atoms with Gasteiger partial charge in [-0.15, -0.1) is 0 Å². The second-order valence-corrected chi connectivity index (χ2v) is 3.19. The van der Waals surface area contributed by atoms with Crippen LogP contribution < -0.4 is 4.74 Å². The summed E-state index contributed by atoms with van der Waals surface area (Å²) in [6, 6.07) is 5.32. The molecule has 0 aliphatic heterocycles. The maximum absolute atomic E-state index is 10.4. The van der Waals surface area contributed by atoms with Crippen molar-refractivity contribution in [3.63, 3.8) is 0 Å². The van der Waals surface area contributed by atoms with E-state index in [-0.39, 0.29) is 0 Å². The number of aliphatic carboxylic acids is 1. The Balaban J connectivity index is 2.55. The summed E-state index contributed by atoms with van der Waals surface area (Å²) in [6.45, 7) is 0. The van der Waals surface area contributed by atoms with Crippen molar-refractivity contribution in [3.8, 4) is 5.75 Å². The molecule has 0 bridgehead atoms. The van der Waals surface area contributed by atoms with E-state index in [0.29, 0.717) is 16.9 Å². The Labute approximate surface area is 91.7 Å². The maximum atomic E-state index is 10.4. The van der Waals surface area contributed by atoms with E-state index >= 15 is 0 Å². The lowest BCUT2D eigenvalue weighted by Crippen LogP contribution is -1.87. The molecule has 2 rings (SSSR count). The van der Waals surface area contributed by atoms with E-state index < -0.39 is 5.97 Å². The molecule has 0 saturated heterocycles. The second-order valence-electron chi connectivity index (χ2n) is 3.19. The Kier molecular flexibility index (Phi) is 2.64. The summed E-state index contributed by atoms with van der Waals surface area (Å²) in [5.41, 5.74) is 1.33. The fourth-order valence-electron chi connectivity index (χ4n) is 1.53. The Morgan fingerprint density at radius 2 is 2.25 bits per heavy atom. The van der Waals surface area contributed by atoms with E-state index in [1.807, 2.05) is 0 Å². The zero-order chi connectivity index (χ0) is 11.5. The molecule has 1 aromatic heterocycles. The van der Waals surface area contributed by atoms with Crippen molar-refractivity contribution in [2.45, 2.75) is 0 Å². The van der Waals surface area contributed by atoms with Crippen LogP contribution in [-0.4, -0.2) is 18.2 Å². The summed E-state index contributed by atoms with van der Waals surface area (Å²) < 4.78 is 10.5. The normalized spacial score (nSPS) is 11.1. The zero-order valence-corrected chi connectivity index (χ0v) is 8.64. The number of carbonyl (C=O) groups is 1. The van der Waals surface area contributed by atoms with Crippen LogP contribution in [0.5, 0.6) is 5.75 Å². The molecule has 82 valence electrons. The summed E-state index contributed by atoms with van der Waals surface area (Å²) in [6.07, 6.45) is 4.11. The molecule has 1 N–H and O–H groups in total. The van der Waals surface area contributed by atoms with Crippen molar-refractivity contribution < 1.29 is 19.1 Å². The Morgan fingerprint density at radius 1 is 1.44 bits per heavy atom. The number of carboxylic acids is 1. The lowest BCUT2D eigenvalue weighted by atomic mass is 10.1. The van der Waals surface area contributed by atoms with Gasteiger partial charge in [-0.05, 0) is 24.3 Å². The number of rotatable bonds is 3. The standard InChI is InChI=1S/C12H10O4/c1-15-10-4-2-8(3-5-11(13)14)12-9(10)6-7-16-12/h2-7H,1H3,(H,13,14). The number of furan rings is 1. The fraction of sp³-hybridized carbons (Fsp3) is 0.0833. The monoisotopic (exact) mass is 218 g/mol. The van der Waals surface area contributed by atoms with E-state index in [4.69, 9.17) is 14.3 Å². The van der Waals surface area contributed by atoms with E-state index in [9.17, 15) is 4.79 Å². The first-order valence-corrected chi connectivity index (χ1v) is 4.67. The van der Waals surface area contributed by atoms with Crippen molar-refractivity contribution in [2.24, 2.45) is 0 Å². The van der Waals surface area contributed by atoms with Gasteiger partial charge in [-0.25, -0.2) is 4.79 Å². The number of methoxy groups -OCH3 is 1. The van der Waals surface area contributed by atoms with Gasteiger partial charge in [0.1, 0.15) is 11.3 Å². The van der Waals surface area contributed by atoms with Gasteiger partial charge in [-0.2, -0.15) is 0 Å². The molecule has 0 aliphatic carbocycles. The minimum atomic E-state index is -0.990. The molecule has 4 heteroatoms. The van der Waals surface area contributed by atoms with Crippen molar-refractivity contribution in [1.29, 1.82) is 0 Å². The number of carboxylic acid groups (broad SMARTS) is 1. The van der Waals surface area contributed by atoms with Crippen molar-refractivity contribution in [1.82, 2.24) is 0 Å². The first kappa shape index (κ1) is 10.3. The highest BCUT2D eigenvalue weighted by Gasteiger charge is 2.07. The first-order chi connectivity index (χ1) is 7.72. The maximum Gasteiger partial charge on any atom is 0.328 e. The molecular formula is C12H10O4. The molecule has 1 aromatic carbocycles. The number of fused-ring (bicyclic) bond motifs is 1. The third kappa shape index (κ3) is 1.77. The highest BCUT2D eigenvalue weighted by Crippen LogP contribution is 2.29. The van der Waals surface area contributed by atoms with Gasteiger partial charge in [0.15, 0.2) is 0 Å². The van der Waals surface area contributed by atoms with Gasteiger partial charge in [0.2, 0.25) is 0 Å². The second kappa shape index (κ2) is 4.10. The fourth-order valence-corrected chi connectivity index (χ4v) is 1.53. The molecule has 0 unspecified atom stereocenters.